The van der Waals surface area contributed by atoms with Gasteiger partial charge < -0.3 is 79.6 Å². The number of carbonyl (C=O) groups is 3. The van der Waals surface area contributed by atoms with Crippen LogP contribution in [0.25, 0.3) is 56.5 Å². The van der Waals surface area contributed by atoms with Crippen molar-refractivity contribution in [3.05, 3.63) is 130 Å². The number of hydrogen-bond donors (Lipinski definition) is 10. The highest BCUT2D eigenvalue weighted by Crippen LogP contribution is 2.50. The molecular weight excluding hydrogens is 1220 g/mol. The lowest BCUT2D eigenvalue weighted by Crippen LogP contribution is -2.48. The Morgan fingerprint density at radius 3 is 1.60 bits per heavy atom. The normalized spacial score (nSPS) is 23.3. The third-order valence-electron chi connectivity index (χ3n) is 20.0. The Morgan fingerprint density at radius 2 is 1.09 bits per heavy atom. The number of hydrogen-bond acceptors (Lipinski definition) is 17. The number of nitrogens with zero attached hydrogens (tertiary/aromatic N) is 5. The van der Waals surface area contributed by atoms with Crippen molar-refractivity contribution >= 4 is 103 Å². The van der Waals surface area contributed by atoms with Crippen molar-refractivity contribution in [2.75, 3.05) is 32.7 Å². The molecule has 5 aliphatic carbocycles. The first-order chi connectivity index (χ1) is 46.4. The lowest BCUT2D eigenvalue weighted by atomic mass is 9.68. The molecule has 17 rings (SSSR count). The molecule has 2 unspecified atom stereocenters. The van der Waals surface area contributed by atoms with E-state index in [9.17, 15) is 34.5 Å². The number of amides is 4. The second-order valence-corrected chi connectivity index (χ2v) is 27.8. The van der Waals surface area contributed by atoms with Gasteiger partial charge in [-0.1, -0.05) is 31.2 Å². The van der Waals surface area contributed by atoms with E-state index in [1.54, 1.807) is 47.6 Å². The van der Waals surface area contributed by atoms with E-state index in [1.807, 2.05) is 58.2 Å². The number of piperidine rings is 2. The quantitative estimate of drug-likeness (QED) is 0.0647. The number of allylic oxidation sites excluding steroid dienone is 5. The summed E-state index contributed by atoms with van der Waals surface area (Å²) in [5.41, 5.74) is 14.1. The van der Waals surface area contributed by atoms with Gasteiger partial charge in [-0.2, -0.15) is 0 Å². The van der Waals surface area contributed by atoms with Gasteiger partial charge in [0.1, 0.15) is 39.9 Å². The molecule has 2 saturated heterocycles. The summed E-state index contributed by atoms with van der Waals surface area (Å²) in [5.74, 6) is 11.8. The van der Waals surface area contributed by atoms with E-state index in [0.717, 1.165) is 167 Å². The standard InChI is InChI=1S/C20H26BN3O4.C17H18BN3O3.C17H20BN3O3.C15H17BN2O2/c1-12-6-8-24(19(25)27-20(2,3)4)11-15(12)14-9-21(26)28-16-10-23-18-13(17(14)16)5-7-22-18;22-17(9-1-2-9)21-11-5-10(6-11)13-7-18(23)24-14-8-20-16-12(15(13)14)3-4-19-16;1-2-19-17(22)21-11-6-10(7-11)13-8-18(23)24-15-9-20-14-5-3-4-12(14)16(13)15;19-16-8-12(10-4-6-17-7-5-10)15-11-2-1-3-13(11)18-9-14(15)20-16/h5,7,9-10,12,15,26H,6,8,11H2,1-4H3,(H,22,23);3-4,7-11,23H,1-2,5-6H2,(H,19,20)(H,21,22);3-4,8-11,23H,2,5-7H2,1H3,(H2,19,21,22);1-2,8-10,17,19H,3-7H2. The van der Waals surface area contributed by atoms with Crippen LogP contribution < -0.4 is 39.9 Å². The number of ether oxygens (including phenoxy) is 1. The van der Waals surface area contributed by atoms with E-state index in [0.29, 0.717) is 60.6 Å². The van der Waals surface area contributed by atoms with Gasteiger partial charge in [0.15, 0.2) is 0 Å². The molecule has 3 saturated carbocycles. The van der Waals surface area contributed by atoms with Crippen molar-refractivity contribution in [3.8, 4) is 23.0 Å². The summed E-state index contributed by atoms with van der Waals surface area (Å²) in [4.78, 5) is 61.7. The van der Waals surface area contributed by atoms with Gasteiger partial charge in [-0.15, -0.1) is 0 Å². The minimum atomic E-state index is -1.02. The molecule has 27 heteroatoms. The zero-order chi connectivity index (χ0) is 66.5. The zero-order valence-electron chi connectivity index (χ0n) is 54.8. The van der Waals surface area contributed by atoms with Crippen LogP contribution in [-0.4, -0.2) is 152 Å². The Kier molecular flexibility index (Phi) is 18.3. The average Bonchev–Trinajstić information content (AvgIpc) is 1.26. The number of likely N-dealkylation sites (tertiary alicyclic amines) is 1. The average molecular weight is 1300 g/mol. The molecule has 6 aromatic heterocycles. The summed E-state index contributed by atoms with van der Waals surface area (Å²) in [6.07, 6.45) is 29.1. The number of rotatable bonds is 8. The highest BCUT2D eigenvalue weighted by molar-refractivity contribution is 6.54. The van der Waals surface area contributed by atoms with Crippen LogP contribution in [0.1, 0.15) is 137 Å². The number of aromatic nitrogens is 6. The first-order valence-electron chi connectivity index (χ1n) is 34.0. The summed E-state index contributed by atoms with van der Waals surface area (Å²) in [5, 5.41) is 54.4. The molecule has 12 heterocycles. The molecule has 0 spiro atoms. The maximum Gasteiger partial charge on any atom is 0.552 e. The van der Waals surface area contributed by atoms with Crippen LogP contribution in [0, 0.1) is 35.5 Å². The predicted molar refractivity (Wildman–Crippen MR) is 369 cm³/mol. The molecule has 10 N–H and O–H groups in total. The fraction of sp³-hybridized carbons (Fsp3) is 0.435. The van der Waals surface area contributed by atoms with Gasteiger partial charge in [0.05, 0.1) is 36.2 Å². The number of pyridine rings is 4. The Morgan fingerprint density at radius 1 is 0.625 bits per heavy atom. The molecule has 23 nitrogen and oxygen atoms in total. The summed E-state index contributed by atoms with van der Waals surface area (Å²) in [6.45, 7) is 13.6. The molecule has 11 aliphatic rings. The third kappa shape index (κ3) is 13.6. The lowest BCUT2D eigenvalue weighted by Gasteiger charge is -2.40. The van der Waals surface area contributed by atoms with Crippen molar-refractivity contribution in [1.82, 2.24) is 56.1 Å². The van der Waals surface area contributed by atoms with E-state index in [2.05, 4.69) is 82.4 Å². The highest BCUT2D eigenvalue weighted by Gasteiger charge is 2.43. The highest BCUT2D eigenvalue weighted by atomic mass is 16.6. The van der Waals surface area contributed by atoms with E-state index < -0.39 is 34.1 Å². The van der Waals surface area contributed by atoms with Crippen LogP contribution in [0.5, 0.6) is 23.0 Å². The molecule has 5 fully saturated rings. The smallest absolute Gasteiger partial charge is 0.531 e. The van der Waals surface area contributed by atoms with Crippen LogP contribution in [0.4, 0.5) is 9.59 Å². The summed E-state index contributed by atoms with van der Waals surface area (Å²) < 4.78 is 27.8. The van der Waals surface area contributed by atoms with Crippen LogP contribution >= 0.6 is 0 Å². The first-order valence-corrected chi connectivity index (χ1v) is 34.0. The Hall–Kier alpha value is -8.61. The van der Waals surface area contributed by atoms with Crippen LogP contribution in [0.3, 0.4) is 0 Å². The summed E-state index contributed by atoms with van der Waals surface area (Å²) in [7, 11) is -3.75. The van der Waals surface area contributed by atoms with Gasteiger partial charge in [0, 0.05) is 113 Å². The molecule has 96 heavy (non-hydrogen) atoms. The molecule has 0 radical (unpaired) electrons. The maximum atomic E-state index is 12.6. The number of nitrogens with one attached hydrogen (secondary N) is 6. The van der Waals surface area contributed by atoms with Gasteiger partial charge in [-0.25, -0.2) is 19.6 Å². The fourth-order valence-corrected chi connectivity index (χ4v) is 15.0. The zero-order valence-corrected chi connectivity index (χ0v) is 54.8. The first kappa shape index (κ1) is 64.7. The van der Waals surface area contributed by atoms with Gasteiger partial charge in [0.2, 0.25) is 5.91 Å². The third-order valence-corrected chi connectivity index (χ3v) is 20.0. The summed E-state index contributed by atoms with van der Waals surface area (Å²) in [6, 6.07) is 4.26. The van der Waals surface area contributed by atoms with E-state index >= 15 is 0 Å². The van der Waals surface area contributed by atoms with Crippen LogP contribution in [0.2, 0.25) is 0 Å². The Labute approximate surface area is 558 Å². The van der Waals surface area contributed by atoms with Crippen LogP contribution in [-0.2, 0) is 22.4 Å². The SMILES string of the molecule is CC1CCN(C(=O)OC(C)(C)C)CC1C1=CB(O)Oc2cnc3[nH]ccc3c21.CCNC(=O)NC1CC(C2=CB(O)Oc3cnc4c(c32)C=CC4)C1.O=C(NC1CC(C2=CB(O)Oc3cnc4[nH]ccc4c32)C1)C1CC1.OB1C=C(C2CCNCC2)c2c(cnc3c2C=CC3)O1. The van der Waals surface area contributed by atoms with Crippen molar-refractivity contribution < 1.29 is 57.8 Å². The minimum Gasteiger partial charge on any atom is -0.531 e. The molecular formula is C69H81B4N11O12. The van der Waals surface area contributed by atoms with Gasteiger partial charge in [-0.05, 0) is 181 Å². The number of fused-ring (bicyclic) bond motifs is 12. The van der Waals surface area contributed by atoms with E-state index in [4.69, 9.17) is 23.4 Å². The molecule has 496 valence electrons. The summed E-state index contributed by atoms with van der Waals surface area (Å²) >= 11 is 0. The monoisotopic (exact) mass is 1300 g/mol. The maximum absolute atomic E-state index is 12.6. The molecule has 0 bridgehead atoms. The van der Waals surface area contributed by atoms with Crippen molar-refractivity contribution in [3.63, 3.8) is 0 Å². The van der Waals surface area contributed by atoms with Gasteiger partial charge in [-0.3, -0.25) is 14.8 Å². The van der Waals surface area contributed by atoms with Crippen molar-refractivity contribution in [1.29, 1.82) is 0 Å². The van der Waals surface area contributed by atoms with Gasteiger partial charge in [0.25, 0.3) is 0 Å². The number of aromatic amines is 2. The van der Waals surface area contributed by atoms with E-state index in [-0.39, 0.29) is 42.0 Å². The molecule has 6 aliphatic heterocycles. The molecule has 0 aromatic carbocycles. The Balaban J connectivity index is 0.000000111. The predicted octanol–water partition coefficient (Wildman–Crippen LogP) is 7.90. The second-order valence-electron chi connectivity index (χ2n) is 27.8. The second kappa shape index (κ2) is 27.1. The van der Waals surface area contributed by atoms with Crippen LogP contribution in [0.15, 0.2) is 85.4 Å². The molecule has 6 aromatic rings. The number of H-pyrrole nitrogens is 2. The molecule has 4 amide bonds. The minimum absolute atomic E-state index is 0.0686. The topological polar surface area (TPSA) is 313 Å². The van der Waals surface area contributed by atoms with Gasteiger partial charge >= 0.3 is 40.6 Å². The molecule has 2 atom stereocenters. The number of carbonyl (C=O) groups excluding carboxylic acids is 3. The Bertz CT molecular complexity index is 4180. The lowest BCUT2D eigenvalue weighted by molar-refractivity contribution is -0.123. The van der Waals surface area contributed by atoms with Crippen molar-refractivity contribution in [2.24, 2.45) is 35.5 Å². The largest absolute Gasteiger partial charge is 0.552 e. The fourth-order valence-electron chi connectivity index (χ4n) is 15.0. The number of urea groups is 1. The van der Waals surface area contributed by atoms with Crippen molar-refractivity contribution in [2.45, 2.75) is 123 Å². The van der Waals surface area contributed by atoms with E-state index in [1.165, 1.54) is 11.1 Å².